The SMILES string of the molecule is OC(Cc1ccccc1F)C1CN2CCCC2CO1. The molecule has 19 heavy (non-hydrogen) atoms. The van der Waals surface area contributed by atoms with Gasteiger partial charge in [-0.15, -0.1) is 0 Å². The van der Waals surface area contributed by atoms with Gasteiger partial charge in [-0.2, -0.15) is 0 Å². The molecule has 2 fully saturated rings. The molecule has 3 unspecified atom stereocenters. The van der Waals surface area contributed by atoms with E-state index < -0.39 is 6.10 Å². The molecule has 4 heteroatoms. The molecule has 0 saturated carbocycles. The fourth-order valence-corrected chi connectivity index (χ4v) is 3.10. The maximum Gasteiger partial charge on any atom is 0.126 e. The van der Waals surface area contributed by atoms with Crippen LogP contribution in [-0.2, 0) is 11.2 Å². The summed E-state index contributed by atoms with van der Waals surface area (Å²) in [4.78, 5) is 2.39. The Morgan fingerprint density at radius 3 is 3.11 bits per heavy atom. The summed E-state index contributed by atoms with van der Waals surface area (Å²) in [5, 5.41) is 10.3. The molecule has 0 bridgehead atoms. The van der Waals surface area contributed by atoms with Crippen LogP contribution in [0.2, 0.25) is 0 Å². The van der Waals surface area contributed by atoms with Crippen LogP contribution in [0.15, 0.2) is 24.3 Å². The molecular weight excluding hydrogens is 245 g/mol. The van der Waals surface area contributed by atoms with Gasteiger partial charge < -0.3 is 9.84 Å². The minimum absolute atomic E-state index is 0.200. The average Bonchev–Trinajstić information content (AvgIpc) is 2.88. The standard InChI is InChI=1S/C15H20FNO2/c16-13-6-2-1-4-11(13)8-14(18)15-9-17-7-3-5-12(17)10-19-15/h1-2,4,6,12,14-15,18H,3,5,7-10H2. The first-order valence-corrected chi connectivity index (χ1v) is 7.01. The number of fused-ring (bicyclic) bond motifs is 1. The summed E-state index contributed by atoms with van der Waals surface area (Å²) in [6, 6.07) is 7.14. The Hall–Kier alpha value is -0.970. The molecule has 2 aliphatic heterocycles. The van der Waals surface area contributed by atoms with Crippen LogP contribution in [0.1, 0.15) is 18.4 Å². The first kappa shape index (κ1) is 13.0. The molecule has 2 saturated heterocycles. The molecule has 0 aromatic heterocycles. The molecule has 3 nitrogen and oxygen atoms in total. The van der Waals surface area contributed by atoms with Crippen LogP contribution in [-0.4, -0.2) is 48.0 Å². The van der Waals surface area contributed by atoms with E-state index in [0.29, 0.717) is 24.6 Å². The molecule has 1 aromatic rings. The first-order chi connectivity index (χ1) is 9.24. The van der Waals surface area contributed by atoms with Gasteiger partial charge in [-0.05, 0) is 31.0 Å². The van der Waals surface area contributed by atoms with Crippen molar-refractivity contribution in [1.29, 1.82) is 0 Å². The van der Waals surface area contributed by atoms with Crippen LogP contribution >= 0.6 is 0 Å². The number of morpholine rings is 1. The maximum absolute atomic E-state index is 13.6. The number of aliphatic hydroxyl groups excluding tert-OH is 1. The lowest BCUT2D eigenvalue weighted by Crippen LogP contribution is -2.50. The highest BCUT2D eigenvalue weighted by atomic mass is 19.1. The third-order valence-corrected chi connectivity index (χ3v) is 4.23. The average molecular weight is 265 g/mol. The number of aliphatic hydroxyl groups is 1. The number of ether oxygens (including phenoxy) is 1. The maximum atomic E-state index is 13.6. The number of halogens is 1. The quantitative estimate of drug-likeness (QED) is 0.901. The van der Waals surface area contributed by atoms with E-state index in [9.17, 15) is 9.50 Å². The van der Waals surface area contributed by atoms with Gasteiger partial charge in [0.15, 0.2) is 0 Å². The second kappa shape index (κ2) is 5.57. The van der Waals surface area contributed by atoms with Crippen molar-refractivity contribution in [3.05, 3.63) is 35.6 Å². The van der Waals surface area contributed by atoms with Gasteiger partial charge in [0.1, 0.15) is 5.82 Å². The van der Waals surface area contributed by atoms with Gasteiger partial charge >= 0.3 is 0 Å². The molecule has 1 N–H and O–H groups in total. The van der Waals surface area contributed by atoms with Gasteiger partial charge in [0.2, 0.25) is 0 Å². The fourth-order valence-electron chi connectivity index (χ4n) is 3.10. The minimum atomic E-state index is -0.640. The van der Waals surface area contributed by atoms with Crippen LogP contribution in [0.3, 0.4) is 0 Å². The molecule has 0 radical (unpaired) electrons. The normalized spacial score (nSPS) is 29.2. The Morgan fingerprint density at radius 2 is 2.26 bits per heavy atom. The lowest BCUT2D eigenvalue weighted by molar-refractivity contribution is -0.101. The van der Waals surface area contributed by atoms with Gasteiger partial charge in [0, 0.05) is 19.0 Å². The van der Waals surface area contributed by atoms with Gasteiger partial charge in [0.25, 0.3) is 0 Å². The van der Waals surface area contributed by atoms with Crippen molar-refractivity contribution >= 4 is 0 Å². The number of hydrogen-bond acceptors (Lipinski definition) is 3. The van der Waals surface area contributed by atoms with Crippen molar-refractivity contribution in [2.45, 2.75) is 37.5 Å². The van der Waals surface area contributed by atoms with E-state index >= 15 is 0 Å². The molecule has 104 valence electrons. The highest BCUT2D eigenvalue weighted by Crippen LogP contribution is 2.24. The summed E-state index contributed by atoms with van der Waals surface area (Å²) in [6.45, 7) is 2.55. The van der Waals surface area contributed by atoms with E-state index in [1.807, 2.05) is 0 Å². The molecule has 1 aromatic carbocycles. The third kappa shape index (κ3) is 2.81. The molecular formula is C15H20FNO2. The molecule has 2 aliphatic rings. The highest BCUT2D eigenvalue weighted by Gasteiger charge is 2.35. The van der Waals surface area contributed by atoms with Crippen molar-refractivity contribution in [2.75, 3.05) is 19.7 Å². The van der Waals surface area contributed by atoms with E-state index in [4.69, 9.17) is 4.74 Å². The van der Waals surface area contributed by atoms with Crippen LogP contribution < -0.4 is 0 Å². The molecule has 3 rings (SSSR count). The Bertz CT molecular complexity index is 440. The Labute approximate surface area is 113 Å². The molecule has 3 atom stereocenters. The zero-order valence-electron chi connectivity index (χ0n) is 11.0. The summed E-state index contributed by atoms with van der Waals surface area (Å²) in [5.74, 6) is -0.253. The van der Waals surface area contributed by atoms with Gasteiger partial charge in [0.05, 0.1) is 18.8 Å². The molecule has 0 amide bonds. The smallest absolute Gasteiger partial charge is 0.126 e. The first-order valence-electron chi connectivity index (χ1n) is 7.01. The number of rotatable bonds is 3. The van der Waals surface area contributed by atoms with Crippen LogP contribution in [0.5, 0.6) is 0 Å². The van der Waals surface area contributed by atoms with E-state index in [0.717, 1.165) is 13.1 Å². The Kier molecular flexibility index (Phi) is 3.82. The van der Waals surface area contributed by atoms with Crippen molar-refractivity contribution in [1.82, 2.24) is 4.90 Å². The number of benzene rings is 1. The predicted octanol–water partition coefficient (Wildman–Crippen LogP) is 1.59. The zero-order chi connectivity index (χ0) is 13.2. The highest BCUT2D eigenvalue weighted by molar-refractivity contribution is 5.18. The van der Waals surface area contributed by atoms with Crippen molar-refractivity contribution in [3.63, 3.8) is 0 Å². The minimum Gasteiger partial charge on any atom is -0.390 e. The largest absolute Gasteiger partial charge is 0.390 e. The van der Waals surface area contributed by atoms with Crippen LogP contribution in [0, 0.1) is 5.82 Å². The summed E-state index contributed by atoms with van der Waals surface area (Å²) in [7, 11) is 0. The van der Waals surface area contributed by atoms with E-state index in [1.165, 1.54) is 18.9 Å². The number of hydrogen-bond donors (Lipinski definition) is 1. The summed E-state index contributed by atoms with van der Waals surface area (Å²) >= 11 is 0. The second-order valence-electron chi connectivity index (χ2n) is 5.53. The van der Waals surface area contributed by atoms with Gasteiger partial charge in [-0.1, -0.05) is 18.2 Å². The monoisotopic (exact) mass is 265 g/mol. The Morgan fingerprint density at radius 1 is 1.42 bits per heavy atom. The summed E-state index contributed by atoms with van der Waals surface area (Å²) < 4.78 is 19.3. The van der Waals surface area contributed by atoms with Gasteiger partial charge in [-0.3, -0.25) is 4.90 Å². The van der Waals surface area contributed by atoms with Crippen molar-refractivity contribution in [3.8, 4) is 0 Å². The summed E-state index contributed by atoms with van der Waals surface area (Å²) in [6.07, 6.45) is 1.88. The molecule has 2 heterocycles. The van der Waals surface area contributed by atoms with Crippen LogP contribution in [0.4, 0.5) is 4.39 Å². The Balaban J connectivity index is 1.61. The second-order valence-corrected chi connectivity index (χ2v) is 5.53. The zero-order valence-corrected chi connectivity index (χ0v) is 11.0. The van der Waals surface area contributed by atoms with E-state index in [1.54, 1.807) is 18.2 Å². The van der Waals surface area contributed by atoms with Gasteiger partial charge in [-0.25, -0.2) is 4.39 Å². The lowest BCUT2D eigenvalue weighted by atomic mass is 10.0. The fraction of sp³-hybridized carbons (Fsp3) is 0.600. The van der Waals surface area contributed by atoms with Crippen molar-refractivity contribution < 1.29 is 14.2 Å². The molecule has 0 spiro atoms. The predicted molar refractivity (Wildman–Crippen MR) is 70.4 cm³/mol. The van der Waals surface area contributed by atoms with E-state index in [2.05, 4.69) is 4.90 Å². The molecule has 0 aliphatic carbocycles. The summed E-state index contributed by atoms with van der Waals surface area (Å²) in [5.41, 5.74) is 0.558. The van der Waals surface area contributed by atoms with Crippen molar-refractivity contribution in [2.24, 2.45) is 0 Å². The third-order valence-electron chi connectivity index (χ3n) is 4.23. The van der Waals surface area contributed by atoms with E-state index in [-0.39, 0.29) is 11.9 Å². The topological polar surface area (TPSA) is 32.7 Å². The van der Waals surface area contributed by atoms with Crippen LogP contribution in [0.25, 0.3) is 0 Å². The number of nitrogens with zero attached hydrogens (tertiary/aromatic N) is 1. The lowest BCUT2D eigenvalue weighted by Gasteiger charge is -2.37.